The molecular weight excluding hydrogens is 877 g/mol. The second-order valence-electron chi connectivity index (χ2n) is 17.3. The number of allylic oxidation sites excluding steroid dienone is 8. The molecule has 1 fully saturated rings. The zero-order chi connectivity index (χ0) is 45.5. The summed E-state index contributed by atoms with van der Waals surface area (Å²) in [6.07, 6.45) is 22.5. The van der Waals surface area contributed by atoms with Gasteiger partial charge in [-0.15, -0.1) is 25.9 Å². The monoisotopic (exact) mass is 958 g/mol. The van der Waals surface area contributed by atoms with Gasteiger partial charge in [-0.25, -0.2) is 11.1 Å². The van der Waals surface area contributed by atoms with Gasteiger partial charge in [-0.05, 0) is 0 Å². The Bertz CT molecular complexity index is 1660. The van der Waals surface area contributed by atoms with Crippen LogP contribution in [0.25, 0.3) is 11.5 Å². The van der Waals surface area contributed by atoms with Gasteiger partial charge < -0.3 is 11.5 Å². The topological polar surface area (TPSA) is 47.6 Å². The first-order chi connectivity index (χ1) is 29.8. The summed E-state index contributed by atoms with van der Waals surface area (Å²) in [5.74, 6) is 1.12. The van der Waals surface area contributed by atoms with Gasteiger partial charge in [0, 0.05) is 0 Å². The van der Waals surface area contributed by atoms with Crippen LogP contribution in [-0.4, -0.2) is 31.1 Å². The molecule has 6 heteroatoms. The van der Waals surface area contributed by atoms with Gasteiger partial charge in [0.25, 0.3) is 0 Å². The fourth-order valence-corrected chi connectivity index (χ4v) is 9.50. The largest absolute Gasteiger partial charge is 2.00 e. The summed E-state index contributed by atoms with van der Waals surface area (Å²) >= 11 is 0. The van der Waals surface area contributed by atoms with Crippen molar-refractivity contribution in [2.75, 3.05) is 0 Å². The molecule has 3 atom stereocenters. The van der Waals surface area contributed by atoms with Crippen LogP contribution in [0.4, 0.5) is 0 Å². The fraction of sp³-hybridized carbons (Fsp3) is 0.448. The van der Waals surface area contributed by atoms with Gasteiger partial charge in [0.2, 0.25) is 0 Å². The Morgan fingerprint density at radius 1 is 0.484 bits per heavy atom. The maximum absolute atomic E-state index is 7.80. The number of hydrogen-bond donors (Lipinski definition) is 0. The molecule has 0 aromatic heterocycles. The van der Waals surface area contributed by atoms with Gasteiger partial charge in [0.1, 0.15) is 19.0 Å². The first-order valence-corrected chi connectivity index (χ1v) is 26.0. The van der Waals surface area contributed by atoms with E-state index in [0.717, 1.165) is 19.3 Å². The Morgan fingerprint density at radius 3 is 0.891 bits per heavy atom. The van der Waals surface area contributed by atoms with E-state index in [9.17, 15) is 0 Å². The number of hydrogen-bond acceptors (Lipinski definition) is 0. The van der Waals surface area contributed by atoms with Crippen molar-refractivity contribution in [1.82, 2.24) is 0 Å². The van der Waals surface area contributed by atoms with Crippen LogP contribution < -0.4 is 20.7 Å². The molecule has 0 amide bonds. The number of rotatable bonds is 5. The third-order valence-corrected chi connectivity index (χ3v) is 14.9. The van der Waals surface area contributed by atoms with Gasteiger partial charge in [0.15, 0.2) is 0 Å². The molecule has 0 saturated heterocycles. The van der Waals surface area contributed by atoms with E-state index in [1.807, 2.05) is 13.8 Å². The van der Waals surface area contributed by atoms with Crippen molar-refractivity contribution in [3.8, 4) is 0 Å². The predicted octanol–water partition coefficient (Wildman–Crippen LogP) is 14.1. The molecule has 0 aliphatic heterocycles. The molecule has 0 bridgehead atoms. The van der Waals surface area contributed by atoms with E-state index < -0.39 is 0 Å². The first-order valence-electron chi connectivity index (χ1n) is 23.7. The van der Waals surface area contributed by atoms with Crippen LogP contribution in [0.2, 0.25) is 0 Å². The molecule has 0 heterocycles. The zero-order valence-corrected chi connectivity index (χ0v) is 46.9. The van der Waals surface area contributed by atoms with Crippen LogP contribution >= 0.6 is 0 Å². The molecule has 340 valence electrons. The summed E-state index contributed by atoms with van der Waals surface area (Å²) in [4.78, 5) is 0. The van der Waals surface area contributed by atoms with Crippen LogP contribution in [0, 0.1) is 24.0 Å². The Hall–Kier alpha value is -2.38. The molecule has 2 radical (unpaired) electrons. The second-order valence-corrected chi connectivity index (χ2v) is 20.5. The molecule has 64 heavy (non-hydrogen) atoms. The summed E-state index contributed by atoms with van der Waals surface area (Å²) in [5, 5.41) is 5.81. The maximum atomic E-state index is 7.80. The van der Waals surface area contributed by atoms with E-state index in [1.54, 1.807) is 0 Å². The minimum Gasteiger partial charge on any atom is -0.675 e. The van der Waals surface area contributed by atoms with Crippen LogP contribution in [0.3, 0.4) is 0 Å². The average Bonchev–Trinajstić information content (AvgIpc) is 3.64. The third-order valence-electron chi connectivity index (χ3n) is 12.1. The maximum Gasteiger partial charge on any atom is 2.00 e. The Morgan fingerprint density at radius 2 is 0.719 bits per heavy atom. The normalized spacial score (nSPS) is 17.8. The van der Waals surface area contributed by atoms with E-state index in [1.165, 1.54) is 112 Å². The smallest absolute Gasteiger partial charge is 0.675 e. The van der Waals surface area contributed by atoms with Gasteiger partial charge in [0.05, 0.1) is 0 Å². The minimum absolute atomic E-state index is 0. The van der Waals surface area contributed by atoms with Crippen LogP contribution in [0.1, 0.15) is 146 Å². The molecule has 4 aromatic carbocycles. The van der Waals surface area contributed by atoms with Crippen molar-refractivity contribution in [2.24, 2.45) is 11.8 Å². The van der Waals surface area contributed by atoms with Crippen molar-refractivity contribution < 1.29 is 43.4 Å². The van der Waals surface area contributed by atoms with E-state index in [2.05, 4.69) is 189 Å². The van der Waals surface area contributed by atoms with Gasteiger partial charge in [-0.1, -0.05) is 286 Å². The van der Waals surface area contributed by atoms with E-state index in [0.29, 0.717) is 11.8 Å². The van der Waals surface area contributed by atoms with E-state index in [4.69, 9.17) is 11.5 Å². The van der Waals surface area contributed by atoms with Crippen LogP contribution in [-0.2, 0) is 43.4 Å². The zero-order valence-electron chi connectivity index (χ0n) is 41.5. The summed E-state index contributed by atoms with van der Waals surface area (Å²) in [6, 6.07) is 43.0. The van der Waals surface area contributed by atoms with Crippen LogP contribution in [0.15, 0.2) is 155 Å². The van der Waals surface area contributed by atoms with Crippen molar-refractivity contribution in [2.45, 2.75) is 158 Å². The Labute approximate surface area is 428 Å². The summed E-state index contributed by atoms with van der Waals surface area (Å²) in [5.41, 5.74) is 23.1. The molecule has 0 spiro atoms. The van der Waals surface area contributed by atoms with Crippen molar-refractivity contribution >= 4 is 39.8 Å². The van der Waals surface area contributed by atoms with Crippen molar-refractivity contribution in [1.29, 1.82) is 0 Å². The molecule has 3 aliphatic carbocycles. The molecule has 7 rings (SSSR count). The number of nitrogens with one attached hydrogen (secondary N) is 2. The second kappa shape index (κ2) is 37.7. The van der Waals surface area contributed by atoms with Crippen LogP contribution in [0.5, 0.6) is 0 Å². The molecule has 3 aliphatic rings. The summed E-state index contributed by atoms with van der Waals surface area (Å²) in [6.45, 7) is 21.2. The summed E-state index contributed by atoms with van der Waals surface area (Å²) < 4.78 is 0. The minimum atomic E-state index is 0. The van der Waals surface area contributed by atoms with Gasteiger partial charge in [-0.2, -0.15) is 22.3 Å². The average molecular weight is 959 g/mol. The third kappa shape index (κ3) is 27.9. The quantitative estimate of drug-likeness (QED) is 0.141. The molecule has 3 unspecified atom stereocenters. The first kappa shape index (κ1) is 61.6. The molecule has 4 aromatic rings. The predicted molar refractivity (Wildman–Crippen MR) is 282 cm³/mol. The fourth-order valence-electron chi connectivity index (χ4n) is 7.07. The van der Waals surface area contributed by atoms with Gasteiger partial charge >= 0.3 is 43.4 Å². The van der Waals surface area contributed by atoms with Crippen molar-refractivity contribution in [3.63, 3.8) is 0 Å². The molecular formula is C58H82N2Si2Ti2. The Balaban J connectivity index is 0.000000755. The van der Waals surface area contributed by atoms with Gasteiger partial charge in [-0.3, -0.25) is 12.2 Å². The summed E-state index contributed by atoms with van der Waals surface area (Å²) in [7, 11) is 0.543. The van der Waals surface area contributed by atoms with Crippen molar-refractivity contribution in [3.05, 3.63) is 178 Å². The standard InChI is InChI=1S/C12H24N.2C12H11Si.2C9H13.C4H10N.2Ti/c13-12-10-8-6-4-2-1-3-5-7-9-11-12;2*1-3-7-11(8-4-1)13-12-9-5-2-6-10-12;2*1-6-5-7(2)9(4)8(6)3;1-3-4(2)5;;/h12-13H,1-11H2;2*1-10,13H;2*6H,1-4H3;4-5H,3H2,1-2H3;;/q-1;;;3*-1;2*+2. The Kier molecular flexibility index (Phi) is 36.3. The molecule has 2 N–H and O–H groups in total. The van der Waals surface area contributed by atoms with E-state index >= 15 is 0 Å². The molecule has 1 saturated carbocycles. The van der Waals surface area contributed by atoms with E-state index in [-0.39, 0.29) is 74.6 Å². The number of benzene rings is 4. The SMILES string of the molecule is CC1=[C-]C(C)C(C)=C1C.CC1=[C-]C(C)C(C)=C1C.CCC(C)[NH-].[NH-]C1CCCCCCCCCCC1.[Ti+2].[Ti+2].c1ccc([SiH]c2ccccc2)cc1.c1ccc([SiH]c2ccccc2)cc1. The molecule has 2 nitrogen and oxygen atoms in total.